The molecule has 166 valence electrons. The number of aromatic nitrogens is 3. The molecule has 1 fully saturated rings. The number of nitrogens with one attached hydrogen (secondary N) is 1. The molecule has 2 heterocycles. The molecule has 11 heteroatoms. The summed E-state index contributed by atoms with van der Waals surface area (Å²) >= 11 is 6.08. The van der Waals surface area contributed by atoms with Gasteiger partial charge in [-0.05, 0) is 49.6 Å². The van der Waals surface area contributed by atoms with Crippen LogP contribution in [0.1, 0.15) is 42.5 Å². The van der Waals surface area contributed by atoms with Crippen molar-refractivity contribution in [3.63, 3.8) is 0 Å². The zero-order valence-electron chi connectivity index (χ0n) is 17.0. The number of anilines is 1. The highest BCUT2D eigenvalue weighted by Crippen LogP contribution is 2.35. The van der Waals surface area contributed by atoms with Crippen molar-refractivity contribution in [2.24, 2.45) is 0 Å². The van der Waals surface area contributed by atoms with E-state index < -0.39 is 15.8 Å². The van der Waals surface area contributed by atoms with Crippen LogP contribution in [0.2, 0.25) is 5.02 Å². The van der Waals surface area contributed by atoms with Crippen molar-refractivity contribution in [1.82, 2.24) is 14.7 Å². The number of hydrogen-bond donors (Lipinski definition) is 1. The molecule has 0 amide bonds. The Labute approximate surface area is 188 Å². The van der Waals surface area contributed by atoms with Crippen LogP contribution in [0, 0.1) is 6.92 Å². The summed E-state index contributed by atoms with van der Waals surface area (Å²) in [7, 11) is -3.92. The van der Waals surface area contributed by atoms with E-state index in [2.05, 4.69) is 14.9 Å². The molecule has 32 heavy (non-hydrogen) atoms. The Morgan fingerprint density at radius 2 is 2.03 bits per heavy atom. The maximum absolute atomic E-state index is 12.8. The third-order valence-corrected chi connectivity index (χ3v) is 7.40. The number of hydrogen-bond acceptors (Lipinski definition) is 7. The lowest BCUT2D eigenvalue weighted by molar-refractivity contribution is 0.291. The molecular formula is C21H19ClN4O5S. The van der Waals surface area contributed by atoms with Gasteiger partial charge in [-0.25, -0.2) is 13.2 Å². The molecule has 2 aromatic carbocycles. The number of fused-ring (bicyclic) bond motifs is 1. The fourth-order valence-corrected chi connectivity index (χ4v) is 4.77. The number of oxazole rings is 1. The molecule has 0 atom stereocenters. The largest absolute Gasteiger partial charge is 0.420 e. The van der Waals surface area contributed by atoms with Crippen molar-refractivity contribution < 1.29 is 17.4 Å². The van der Waals surface area contributed by atoms with Crippen LogP contribution in [0.5, 0.6) is 0 Å². The van der Waals surface area contributed by atoms with Gasteiger partial charge >= 0.3 is 5.76 Å². The summed E-state index contributed by atoms with van der Waals surface area (Å²) < 4.78 is 40.0. The molecule has 4 aromatic rings. The lowest BCUT2D eigenvalue weighted by atomic mass is 9.85. The number of aryl methyl sites for hydroxylation is 1. The fraction of sp³-hybridized carbons (Fsp3) is 0.286. The number of halogens is 1. The van der Waals surface area contributed by atoms with E-state index in [9.17, 15) is 13.2 Å². The van der Waals surface area contributed by atoms with Gasteiger partial charge in [-0.2, -0.15) is 4.98 Å². The van der Waals surface area contributed by atoms with Crippen LogP contribution in [0.25, 0.3) is 11.1 Å². The molecule has 1 aliphatic carbocycles. The summed E-state index contributed by atoms with van der Waals surface area (Å²) in [5, 5.41) is 4.40. The average Bonchev–Trinajstić information content (AvgIpc) is 3.27. The SMILES string of the molecule is Cc1ccc(NS(=O)(=O)c2ccc3c(c2)oc(=O)n3Cc2noc(C3CCC3)n2)cc1Cl. The van der Waals surface area contributed by atoms with Crippen LogP contribution in [0.4, 0.5) is 5.69 Å². The highest BCUT2D eigenvalue weighted by atomic mass is 35.5. The van der Waals surface area contributed by atoms with Gasteiger partial charge in [0, 0.05) is 17.0 Å². The first-order chi connectivity index (χ1) is 15.3. The normalized spacial score (nSPS) is 14.6. The Bertz CT molecular complexity index is 1480. The van der Waals surface area contributed by atoms with Crippen LogP contribution < -0.4 is 10.5 Å². The predicted molar refractivity (Wildman–Crippen MR) is 117 cm³/mol. The Hall–Kier alpha value is -3.11. The summed E-state index contributed by atoms with van der Waals surface area (Å²) in [6.45, 7) is 1.89. The summed E-state index contributed by atoms with van der Waals surface area (Å²) in [4.78, 5) is 16.7. The maximum atomic E-state index is 12.8. The summed E-state index contributed by atoms with van der Waals surface area (Å²) in [6, 6.07) is 9.10. The van der Waals surface area contributed by atoms with E-state index in [0.29, 0.717) is 27.9 Å². The second kappa shape index (κ2) is 7.79. The van der Waals surface area contributed by atoms with E-state index in [-0.39, 0.29) is 22.9 Å². The first-order valence-corrected chi connectivity index (χ1v) is 11.9. The van der Waals surface area contributed by atoms with Gasteiger partial charge in [0.2, 0.25) is 5.89 Å². The van der Waals surface area contributed by atoms with Crippen molar-refractivity contribution in [2.75, 3.05) is 4.72 Å². The second-order valence-corrected chi connectivity index (χ2v) is 9.92. The van der Waals surface area contributed by atoms with Gasteiger partial charge in [0.1, 0.15) is 0 Å². The van der Waals surface area contributed by atoms with E-state index >= 15 is 0 Å². The van der Waals surface area contributed by atoms with Gasteiger partial charge in [-0.3, -0.25) is 9.29 Å². The highest BCUT2D eigenvalue weighted by molar-refractivity contribution is 7.92. The first-order valence-electron chi connectivity index (χ1n) is 10.0. The standard InChI is InChI=1S/C21H19ClN4O5S/c1-12-5-6-14(9-16(12)22)25-32(28,29)15-7-8-17-18(10-15)30-21(27)26(17)11-19-23-20(31-24-19)13-3-2-4-13/h5-10,13,25H,2-4,11H2,1H3. The minimum Gasteiger partial charge on any atom is -0.408 e. The smallest absolute Gasteiger partial charge is 0.408 e. The molecule has 2 aromatic heterocycles. The third kappa shape index (κ3) is 3.80. The van der Waals surface area contributed by atoms with E-state index in [1.807, 2.05) is 6.92 Å². The topological polar surface area (TPSA) is 120 Å². The Morgan fingerprint density at radius 3 is 2.75 bits per heavy atom. The summed E-state index contributed by atoms with van der Waals surface area (Å²) in [5.74, 6) is 0.606. The Morgan fingerprint density at radius 1 is 1.22 bits per heavy atom. The first kappa shape index (κ1) is 20.8. The van der Waals surface area contributed by atoms with Crippen molar-refractivity contribution in [2.45, 2.75) is 43.5 Å². The fourth-order valence-electron chi connectivity index (χ4n) is 3.53. The minimum atomic E-state index is -3.92. The van der Waals surface area contributed by atoms with Crippen molar-refractivity contribution in [3.05, 3.63) is 69.3 Å². The number of rotatable bonds is 6. The van der Waals surface area contributed by atoms with Crippen LogP contribution >= 0.6 is 11.6 Å². The van der Waals surface area contributed by atoms with Gasteiger partial charge in [0.25, 0.3) is 10.0 Å². The number of benzene rings is 2. The van der Waals surface area contributed by atoms with Gasteiger partial charge in [-0.1, -0.05) is 29.2 Å². The van der Waals surface area contributed by atoms with Gasteiger partial charge in [0.05, 0.1) is 22.6 Å². The van der Waals surface area contributed by atoms with Crippen molar-refractivity contribution >= 4 is 38.4 Å². The Kier molecular flexibility index (Phi) is 5.06. The number of nitrogens with zero attached hydrogens (tertiary/aromatic N) is 3. The van der Waals surface area contributed by atoms with Crippen molar-refractivity contribution in [3.8, 4) is 0 Å². The zero-order valence-corrected chi connectivity index (χ0v) is 18.6. The molecule has 1 N–H and O–H groups in total. The predicted octanol–water partition coefficient (Wildman–Crippen LogP) is 4.06. The van der Waals surface area contributed by atoms with E-state index in [4.69, 9.17) is 20.5 Å². The van der Waals surface area contributed by atoms with Crippen LogP contribution in [-0.4, -0.2) is 23.1 Å². The van der Waals surface area contributed by atoms with Gasteiger partial charge in [0.15, 0.2) is 11.4 Å². The monoisotopic (exact) mass is 474 g/mol. The summed E-state index contributed by atoms with van der Waals surface area (Å²) in [5.41, 5.74) is 1.74. The molecular weight excluding hydrogens is 456 g/mol. The van der Waals surface area contributed by atoms with Crippen LogP contribution in [-0.2, 0) is 16.6 Å². The van der Waals surface area contributed by atoms with E-state index in [1.54, 1.807) is 12.1 Å². The minimum absolute atomic E-state index is 0.0468. The van der Waals surface area contributed by atoms with E-state index in [1.165, 1.54) is 28.8 Å². The third-order valence-electron chi connectivity index (χ3n) is 5.61. The summed E-state index contributed by atoms with van der Waals surface area (Å²) in [6.07, 6.45) is 3.19. The van der Waals surface area contributed by atoms with Crippen molar-refractivity contribution in [1.29, 1.82) is 0 Å². The van der Waals surface area contributed by atoms with Crippen LogP contribution in [0.15, 0.2) is 55.0 Å². The van der Waals surface area contributed by atoms with Crippen LogP contribution in [0.3, 0.4) is 0 Å². The quantitative estimate of drug-likeness (QED) is 0.447. The Balaban J connectivity index is 1.42. The zero-order chi connectivity index (χ0) is 22.5. The maximum Gasteiger partial charge on any atom is 0.420 e. The molecule has 9 nitrogen and oxygen atoms in total. The lowest BCUT2D eigenvalue weighted by Gasteiger charge is -2.20. The lowest BCUT2D eigenvalue weighted by Crippen LogP contribution is -2.16. The molecule has 1 aliphatic rings. The van der Waals surface area contributed by atoms with Gasteiger partial charge < -0.3 is 8.94 Å². The molecule has 0 aliphatic heterocycles. The second-order valence-electron chi connectivity index (χ2n) is 7.83. The number of sulfonamides is 1. The molecule has 0 unspecified atom stereocenters. The van der Waals surface area contributed by atoms with E-state index in [0.717, 1.165) is 24.8 Å². The molecule has 0 saturated heterocycles. The highest BCUT2D eigenvalue weighted by Gasteiger charge is 2.26. The van der Waals surface area contributed by atoms with Gasteiger partial charge in [-0.15, -0.1) is 0 Å². The average molecular weight is 475 g/mol. The molecule has 1 saturated carbocycles. The molecule has 0 radical (unpaired) electrons. The molecule has 5 rings (SSSR count). The molecule has 0 spiro atoms. The molecule has 0 bridgehead atoms.